The number of ether oxygens (including phenoxy) is 2. The van der Waals surface area contributed by atoms with Crippen molar-refractivity contribution >= 4 is 63.3 Å². The quantitative estimate of drug-likeness (QED) is 0.0902. The molecule has 0 saturated heterocycles. The Labute approximate surface area is 318 Å². The third-order valence-corrected chi connectivity index (χ3v) is 19.3. The Bertz CT molecular complexity index is 1990. The molecule has 0 radical (unpaired) electrons. The van der Waals surface area contributed by atoms with E-state index in [2.05, 4.69) is 38.1 Å². The zero-order valence-electron chi connectivity index (χ0n) is 28.8. The molecule has 14 nitrogen and oxygen atoms in total. The Balaban J connectivity index is 1.36. The van der Waals surface area contributed by atoms with Crippen molar-refractivity contribution in [2.24, 2.45) is 0 Å². The van der Waals surface area contributed by atoms with Gasteiger partial charge in [0.1, 0.15) is 0 Å². The summed E-state index contributed by atoms with van der Waals surface area (Å²) in [6, 6.07) is 19.2. The third-order valence-electron chi connectivity index (χ3n) is 9.36. The van der Waals surface area contributed by atoms with Gasteiger partial charge in [0, 0.05) is 0 Å². The van der Waals surface area contributed by atoms with Crippen LogP contribution >= 0.6 is 11.6 Å². The van der Waals surface area contributed by atoms with Crippen LogP contribution in [0.2, 0.25) is 5.02 Å². The molecule has 53 heavy (non-hydrogen) atoms. The van der Waals surface area contributed by atoms with Gasteiger partial charge in [0.15, 0.2) is 0 Å². The van der Waals surface area contributed by atoms with Crippen molar-refractivity contribution in [2.75, 3.05) is 32.1 Å². The normalized spacial score (nSPS) is 17.1. The standard InChI is InChI=1S/C37H39ClN5O9.In/c1-51-36-26(18-39-20-27(44)16-33(46)47)15-31(38)37(43-36)52-14-13-23-7-5-6-10-29(23)30(22-40-21-28(45)17-34(48)49)25-11-12-32(41-19-25)42-35(50)24-8-3-2-4-9-24;/h2-3,5-6,8-12,14-15,19,27-28,30,39-40,44-45H,13,16-18,20-22H2,1H3,(H,46,47)(H,48,49)(H,41,42,50);/t27-,28-,30+;/m0./s1. The van der Waals surface area contributed by atoms with E-state index >= 15 is 0 Å². The predicted molar refractivity (Wildman–Crippen MR) is 197 cm³/mol. The average Bonchev–Trinajstić information content (AvgIpc) is 3.49. The number of rotatable bonds is 15. The molecule has 4 aromatic rings. The van der Waals surface area contributed by atoms with E-state index in [0.717, 1.165) is 20.0 Å². The van der Waals surface area contributed by atoms with Gasteiger partial charge in [-0.3, -0.25) is 4.79 Å². The average molecular weight is 848 g/mol. The number of benzene rings is 2. The maximum atomic E-state index is 13.4. The number of carbonyl (C=O) groups excluding carboxylic acids is 1. The number of hydrogen-bond acceptors (Lipinski definition) is 11. The Kier molecular flexibility index (Phi) is 12.5. The number of amides is 1. The van der Waals surface area contributed by atoms with Gasteiger partial charge < -0.3 is 5.11 Å². The summed E-state index contributed by atoms with van der Waals surface area (Å²) in [6.07, 6.45) is -0.637. The summed E-state index contributed by atoms with van der Waals surface area (Å²) in [5, 5.41) is 47.7. The minimum atomic E-state index is -3.26. The van der Waals surface area contributed by atoms with Crippen LogP contribution in [0.25, 0.3) is 0 Å². The van der Waals surface area contributed by atoms with Gasteiger partial charge in [-0.05, 0) is 0 Å². The molecule has 2 aromatic heterocycles. The van der Waals surface area contributed by atoms with E-state index < -0.39 is 52.0 Å². The van der Waals surface area contributed by atoms with Gasteiger partial charge in [-0.25, -0.2) is 0 Å². The molecule has 4 atom stereocenters. The molecular weight excluding hydrogens is 809 g/mol. The number of hydrogen-bond donors (Lipinski definition) is 7. The molecule has 1 amide bonds. The Hall–Kier alpha value is -4.25. The zero-order valence-corrected chi connectivity index (χ0v) is 32.8. The van der Waals surface area contributed by atoms with Crippen molar-refractivity contribution in [3.63, 3.8) is 0 Å². The van der Waals surface area contributed by atoms with Gasteiger partial charge in [0.25, 0.3) is 0 Å². The molecule has 3 aliphatic rings. The van der Waals surface area contributed by atoms with Crippen molar-refractivity contribution in [1.82, 2.24) is 20.6 Å². The number of carboxylic acid groups (broad SMARTS) is 2. The van der Waals surface area contributed by atoms with Crippen molar-refractivity contribution in [1.29, 1.82) is 0 Å². The predicted octanol–water partition coefficient (Wildman–Crippen LogP) is 1.34. The fraction of sp³-hybridized carbons (Fsp3) is 0.324. The number of nitrogens with one attached hydrogen (secondary N) is 3. The zero-order chi connectivity index (χ0) is 37.6. The number of aromatic nitrogens is 2. The molecule has 7 rings (SSSR count). The van der Waals surface area contributed by atoms with Gasteiger partial charge >= 0.3 is 310 Å². The first kappa shape index (κ1) is 38.5. The first-order valence-electron chi connectivity index (χ1n) is 17.1. The molecule has 0 aliphatic carbocycles. The molecule has 2 aromatic carbocycles. The monoisotopic (exact) mass is 847 g/mol. The summed E-state index contributed by atoms with van der Waals surface area (Å²) in [7, 11) is 1.47. The Morgan fingerprint density at radius 2 is 1.74 bits per heavy atom. The first-order valence-corrected chi connectivity index (χ1v) is 22.7. The minimum Gasteiger partial charge on any atom is -0.481 e. The Morgan fingerprint density at radius 3 is 2.43 bits per heavy atom. The SMILES string of the molecule is COc1nc(O[C@@H]2Cc3c4ccc[c]3[In]2[c]2cccc(c2)C(=O)Nc2ccc(cn2)[C@H]4CNC[C@@H](O)CC(=O)O)c(Cl)cc1CNC[C@@H](O)CC(=O)O. The summed E-state index contributed by atoms with van der Waals surface area (Å²) < 4.78 is 14.3. The van der Waals surface area contributed by atoms with E-state index in [4.69, 9.17) is 31.3 Å². The van der Waals surface area contributed by atoms with Crippen LogP contribution in [0.3, 0.4) is 0 Å². The van der Waals surface area contributed by atoms with E-state index in [1.54, 1.807) is 24.4 Å². The number of carboxylic acids is 2. The fourth-order valence-electron chi connectivity index (χ4n) is 6.99. The number of carbonyl (C=O) groups is 3. The van der Waals surface area contributed by atoms with E-state index in [-0.39, 0.29) is 58.5 Å². The topological polar surface area (TPSA) is 212 Å². The maximum absolute atomic E-state index is 13.4. The molecule has 276 valence electrons. The molecule has 5 heterocycles. The van der Waals surface area contributed by atoms with Crippen molar-refractivity contribution < 1.29 is 44.3 Å². The molecule has 3 aliphatic heterocycles. The number of nitrogens with zero attached hydrogens (tertiary/aromatic N) is 2. The molecule has 0 saturated carbocycles. The number of aliphatic hydroxyl groups excluding tert-OH is 2. The van der Waals surface area contributed by atoms with Gasteiger partial charge in [-0.2, -0.15) is 0 Å². The van der Waals surface area contributed by atoms with Gasteiger partial charge in [-0.15, -0.1) is 0 Å². The minimum absolute atomic E-state index is 0.0424. The summed E-state index contributed by atoms with van der Waals surface area (Å²) in [5.41, 5.74) is 4.13. The number of pyridine rings is 2. The van der Waals surface area contributed by atoms with Crippen molar-refractivity contribution in [3.05, 3.63) is 99.7 Å². The van der Waals surface area contributed by atoms with Crippen molar-refractivity contribution in [3.8, 4) is 11.8 Å². The molecule has 8 bridgehead atoms. The third kappa shape index (κ3) is 9.29. The second kappa shape index (κ2) is 17.3. The van der Waals surface area contributed by atoms with E-state index in [0.29, 0.717) is 29.9 Å². The van der Waals surface area contributed by atoms with Crippen LogP contribution < -0.4 is 32.1 Å². The Morgan fingerprint density at radius 1 is 1.00 bits per heavy atom. The second-order valence-electron chi connectivity index (χ2n) is 13.1. The number of anilines is 1. The molecule has 0 spiro atoms. The van der Waals surface area contributed by atoms with Gasteiger partial charge in [0.05, 0.1) is 0 Å². The molecule has 7 N–H and O–H groups in total. The molecule has 16 heteroatoms. The first-order chi connectivity index (χ1) is 25.5. The summed E-state index contributed by atoms with van der Waals surface area (Å²) >= 11 is 3.54. The van der Waals surface area contributed by atoms with Crippen molar-refractivity contribution in [2.45, 2.75) is 47.8 Å². The smallest absolute Gasteiger partial charge is 0.481 e. The van der Waals surface area contributed by atoms with E-state index in [9.17, 15) is 24.6 Å². The van der Waals surface area contributed by atoms with Crippen LogP contribution in [0.5, 0.6) is 11.8 Å². The number of aliphatic carboxylic acids is 2. The van der Waals surface area contributed by atoms with Gasteiger partial charge in [0.2, 0.25) is 0 Å². The van der Waals surface area contributed by atoms with E-state index in [1.807, 2.05) is 30.3 Å². The van der Waals surface area contributed by atoms with Crippen LogP contribution in [-0.4, -0.2) is 112 Å². The summed E-state index contributed by atoms with van der Waals surface area (Å²) in [5.74, 6) is -1.86. The fourth-order valence-corrected chi connectivity index (χ4v) is 17.4. The van der Waals surface area contributed by atoms with E-state index in [1.165, 1.54) is 10.4 Å². The number of fused-ring (bicyclic) bond motifs is 3. The summed E-state index contributed by atoms with van der Waals surface area (Å²) in [4.78, 5) is 44.7. The van der Waals surface area contributed by atoms with Gasteiger partial charge in [-0.1, -0.05) is 0 Å². The number of methoxy groups -OCH3 is 1. The summed E-state index contributed by atoms with van der Waals surface area (Å²) in [6.45, 7) is 0.719. The molecule has 0 unspecified atom stereocenters. The van der Waals surface area contributed by atoms with Crippen LogP contribution in [0.1, 0.15) is 51.4 Å². The number of aliphatic hydroxyl groups is 2. The van der Waals surface area contributed by atoms with Crippen LogP contribution in [0, 0.1) is 0 Å². The van der Waals surface area contributed by atoms with Crippen LogP contribution in [0.15, 0.2) is 66.9 Å². The molecule has 0 fully saturated rings. The molecular formula is C37H39ClInN5O9. The van der Waals surface area contributed by atoms with Crippen LogP contribution in [0.4, 0.5) is 5.82 Å². The number of halogens is 1. The van der Waals surface area contributed by atoms with Crippen LogP contribution in [-0.2, 0) is 22.6 Å². The second-order valence-corrected chi connectivity index (χ2v) is 22.0.